The molecule has 3 aliphatic rings. The summed E-state index contributed by atoms with van der Waals surface area (Å²) < 4.78 is 0. The maximum atomic E-state index is 2.33. The maximum absolute atomic E-state index is 2.33. The first-order chi connectivity index (χ1) is 7.45. The van der Waals surface area contributed by atoms with Crippen LogP contribution in [0.1, 0.15) is 32.1 Å². The summed E-state index contributed by atoms with van der Waals surface area (Å²) in [6, 6.07) is 0. The first kappa shape index (κ1) is 8.96. The fourth-order valence-electron chi connectivity index (χ4n) is 2.73. The molecule has 0 aliphatic heterocycles. The van der Waals surface area contributed by atoms with Gasteiger partial charge >= 0.3 is 0 Å². The Morgan fingerprint density at radius 1 is 0.733 bits per heavy atom. The molecular weight excluding hydrogens is 180 g/mol. The quantitative estimate of drug-likeness (QED) is 0.543. The fourth-order valence-corrected chi connectivity index (χ4v) is 2.73. The number of hydrogen-bond acceptors (Lipinski definition) is 0. The van der Waals surface area contributed by atoms with Gasteiger partial charge in [-0.3, -0.25) is 0 Å². The van der Waals surface area contributed by atoms with Gasteiger partial charge in [-0.15, -0.1) is 0 Å². The van der Waals surface area contributed by atoms with Gasteiger partial charge in [-0.1, -0.05) is 36.5 Å². The molecule has 76 valence electrons. The zero-order valence-electron chi connectivity index (χ0n) is 9.00. The summed E-state index contributed by atoms with van der Waals surface area (Å²) in [5.74, 6) is 0. The second kappa shape index (κ2) is 3.69. The van der Waals surface area contributed by atoms with Crippen LogP contribution in [0.2, 0.25) is 0 Å². The lowest BCUT2D eigenvalue weighted by Gasteiger charge is -2.20. The van der Waals surface area contributed by atoms with Crippen molar-refractivity contribution in [2.75, 3.05) is 0 Å². The zero-order chi connectivity index (χ0) is 10.1. The molecule has 0 aromatic carbocycles. The van der Waals surface area contributed by atoms with Crippen LogP contribution < -0.4 is 0 Å². The summed E-state index contributed by atoms with van der Waals surface area (Å²) in [4.78, 5) is 0. The molecule has 0 amide bonds. The summed E-state index contributed by atoms with van der Waals surface area (Å²) in [5, 5.41) is 0. The van der Waals surface area contributed by atoms with Crippen molar-refractivity contribution in [3.63, 3.8) is 0 Å². The van der Waals surface area contributed by atoms with Gasteiger partial charge in [-0.25, -0.2) is 0 Å². The lowest BCUT2D eigenvalue weighted by atomic mass is 9.85. The average molecular weight is 196 g/mol. The highest BCUT2D eigenvalue weighted by atomic mass is 14.2. The Kier molecular flexibility index (Phi) is 2.21. The third kappa shape index (κ3) is 1.54. The molecule has 0 fully saturated rings. The van der Waals surface area contributed by atoms with Gasteiger partial charge in [0, 0.05) is 0 Å². The highest BCUT2D eigenvalue weighted by Gasteiger charge is 2.17. The van der Waals surface area contributed by atoms with Gasteiger partial charge in [0.1, 0.15) is 0 Å². The molecule has 0 saturated carbocycles. The summed E-state index contributed by atoms with van der Waals surface area (Å²) in [7, 11) is 0. The topological polar surface area (TPSA) is 0 Å². The van der Waals surface area contributed by atoms with Gasteiger partial charge in [0.15, 0.2) is 0 Å². The molecule has 3 rings (SSSR count). The number of allylic oxidation sites excluding steroid dienone is 10. The molecule has 0 heteroatoms. The van der Waals surface area contributed by atoms with Gasteiger partial charge in [0.25, 0.3) is 0 Å². The standard InChI is InChI=1S/C15H16/c1-3-10-14-12(6-1)8-5-9-13-7-2-4-11-15(13)14/h1-2,5-8H,3-4,9-11H2. The number of fused-ring (bicyclic) bond motifs is 1. The van der Waals surface area contributed by atoms with Gasteiger partial charge < -0.3 is 0 Å². The lowest BCUT2D eigenvalue weighted by molar-refractivity contribution is 0.875. The number of hydrogen-bond donors (Lipinski definition) is 0. The van der Waals surface area contributed by atoms with Crippen LogP contribution in [-0.4, -0.2) is 0 Å². The molecule has 0 unspecified atom stereocenters. The van der Waals surface area contributed by atoms with Crippen LogP contribution in [0.3, 0.4) is 0 Å². The second-order valence-electron chi connectivity index (χ2n) is 4.43. The van der Waals surface area contributed by atoms with E-state index in [1.54, 1.807) is 16.7 Å². The molecule has 0 heterocycles. The second-order valence-corrected chi connectivity index (χ2v) is 4.43. The highest BCUT2D eigenvalue weighted by molar-refractivity contribution is 5.54. The molecule has 0 nitrogen and oxygen atoms in total. The van der Waals surface area contributed by atoms with E-state index in [1.807, 2.05) is 0 Å². The van der Waals surface area contributed by atoms with Crippen molar-refractivity contribution in [1.82, 2.24) is 0 Å². The van der Waals surface area contributed by atoms with Gasteiger partial charge in [-0.2, -0.15) is 0 Å². The Balaban J connectivity index is 2.14. The van der Waals surface area contributed by atoms with Crippen LogP contribution in [0.4, 0.5) is 0 Å². The Labute approximate surface area is 91.4 Å². The van der Waals surface area contributed by atoms with Crippen molar-refractivity contribution in [3.8, 4) is 0 Å². The first-order valence-corrected chi connectivity index (χ1v) is 5.90. The largest absolute Gasteiger partial charge is 0.0839 e. The summed E-state index contributed by atoms with van der Waals surface area (Å²) in [6.45, 7) is 0. The third-order valence-electron chi connectivity index (χ3n) is 3.47. The van der Waals surface area contributed by atoms with E-state index < -0.39 is 0 Å². The molecule has 0 N–H and O–H groups in total. The van der Waals surface area contributed by atoms with Crippen LogP contribution in [0.25, 0.3) is 0 Å². The van der Waals surface area contributed by atoms with E-state index in [0.717, 1.165) is 6.42 Å². The molecule has 0 aromatic rings. The molecule has 0 atom stereocenters. The van der Waals surface area contributed by atoms with E-state index in [-0.39, 0.29) is 0 Å². The fraction of sp³-hybridized carbons (Fsp3) is 0.333. The van der Waals surface area contributed by atoms with Crippen molar-refractivity contribution in [2.45, 2.75) is 32.1 Å². The van der Waals surface area contributed by atoms with Crippen LogP contribution in [0, 0.1) is 0 Å². The minimum Gasteiger partial charge on any atom is -0.0839 e. The van der Waals surface area contributed by atoms with E-state index >= 15 is 0 Å². The molecule has 0 radical (unpaired) electrons. The maximum Gasteiger partial charge on any atom is -0.00914 e. The van der Waals surface area contributed by atoms with Crippen molar-refractivity contribution < 1.29 is 0 Å². The van der Waals surface area contributed by atoms with Gasteiger partial charge in [0.05, 0.1) is 0 Å². The first-order valence-electron chi connectivity index (χ1n) is 5.90. The van der Waals surface area contributed by atoms with E-state index in [0.29, 0.717) is 0 Å². The van der Waals surface area contributed by atoms with Crippen molar-refractivity contribution in [1.29, 1.82) is 0 Å². The zero-order valence-corrected chi connectivity index (χ0v) is 9.00. The van der Waals surface area contributed by atoms with Crippen LogP contribution >= 0.6 is 0 Å². The molecule has 0 spiro atoms. The minimum atomic E-state index is 1.12. The third-order valence-corrected chi connectivity index (χ3v) is 3.47. The molecule has 0 saturated heterocycles. The minimum absolute atomic E-state index is 1.12. The number of rotatable bonds is 0. The Hall–Kier alpha value is -1.30. The average Bonchev–Trinajstić information content (AvgIpc) is 2.48. The highest BCUT2D eigenvalue weighted by Crippen LogP contribution is 2.36. The van der Waals surface area contributed by atoms with E-state index in [1.165, 1.54) is 31.3 Å². The van der Waals surface area contributed by atoms with E-state index in [2.05, 4.69) is 36.5 Å². The van der Waals surface area contributed by atoms with Gasteiger partial charge in [0.2, 0.25) is 0 Å². The van der Waals surface area contributed by atoms with Crippen LogP contribution in [0.5, 0.6) is 0 Å². The van der Waals surface area contributed by atoms with E-state index in [4.69, 9.17) is 0 Å². The van der Waals surface area contributed by atoms with Crippen LogP contribution in [0.15, 0.2) is 58.7 Å². The molecular formula is C15H16. The SMILES string of the molecule is C1=CC2=C(CC1)C1=C(C=CCC1)CC=C2. The summed E-state index contributed by atoms with van der Waals surface area (Å²) in [5.41, 5.74) is 6.27. The smallest absolute Gasteiger partial charge is 0.00914 e. The summed E-state index contributed by atoms with van der Waals surface area (Å²) >= 11 is 0. The predicted octanol–water partition coefficient (Wildman–Crippen LogP) is 4.24. The summed E-state index contributed by atoms with van der Waals surface area (Å²) in [6.07, 6.45) is 19.9. The molecule has 15 heavy (non-hydrogen) atoms. The molecule has 0 bridgehead atoms. The Morgan fingerprint density at radius 2 is 1.47 bits per heavy atom. The van der Waals surface area contributed by atoms with Crippen LogP contribution in [-0.2, 0) is 0 Å². The molecule has 0 aromatic heterocycles. The predicted molar refractivity (Wildman–Crippen MR) is 64.6 cm³/mol. The van der Waals surface area contributed by atoms with Crippen molar-refractivity contribution in [2.24, 2.45) is 0 Å². The normalized spacial score (nSPS) is 24.0. The van der Waals surface area contributed by atoms with Crippen molar-refractivity contribution in [3.05, 3.63) is 58.7 Å². The van der Waals surface area contributed by atoms with Crippen molar-refractivity contribution >= 4 is 0 Å². The Morgan fingerprint density at radius 3 is 2.40 bits per heavy atom. The Bertz CT molecular complexity index is 425. The van der Waals surface area contributed by atoms with E-state index in [9.17, 15) is 0 Å². The monoisotopic (exact) mass is 196 g/mol. The lowest BCUT2D eigenvalue weighted by Crippen LogP contribution is -2.01. The molecule has 3 aliphatic carbocycles. The van der Waals surface area contributed by atoms with Gasteiger partial charge in [-0.05, 0) is 54.4 Å².